The molecule has 0 aromatic heterocycles. The Bertz CT molecular complexity index is 888. The zero-order valence-corrected chi connectivity index (χ0v) is 18.3. The molecule has 0 saturated carbocycles. The van der Waals surface area contributed by atoms with E-state index >= 15 is 0 Å². The number of carbonyl (C=O) groups is 3. The Kier molecular flexibility index (Phi) is 7.82. The lowest BCUT2D eigenvalue weighted by molar-refractivity contribution is -0.130. The number of likely N-dealkylation sites (N-methyl/N-ethyl adjacent to an activating group) is 1. The molecule has 6 nitrogen and oxygen atoms in total. The highest BCUT2D eigenvalue weighted by Gasteiger charge is 2.28. The zero-order chi connectivity index (χ0) is 22.2. The number of rotatable bonds is 7. The average Bonchev–Trinajstić information content (AvgIpc) is 2.81. The molecule has 6 heteroatoms. The predicted molar refractivity (Wildman–Crippen MR) is 121 cm³/mol. The first-order valence-electron chi connectivity index (χ1n) is 10.9. The molecular formula is C25H31N3O3. The second-order valence-corrected chi connectivity index (χ2v) is 8.04. The van der Waals surface area contributed by atoms with Gasteiger partial charge in [0.25, 0.3) is 0 Å². The van der Waals surface area contributed by atoms with Crippen LogP contribution in [0.3, 0.4) is 0 Å². The number of hydrogen-bond donors (Lipinski definition) is 1. The van der Waals surface area contributed by atoms with E-state index in [-0.39, 0.29) is 30.2 Å². The number of hydrogen-bond acceptors (Lipinski definition) is 3. The highest BCUT2D eigenvalue weighted by Crippen LogP contribution is 2.22. The number of nitrogens with zero attached hydrogens (tertiary/aromatic N) is 2. The molecule has 3 amide bonds. The van der Waals surface area contributed by atoms with Crippen molar-refractivity contribution >= 4 is 17.7 Å². The topological polar surface area (TPSA) is 69.7 Å². The summed E-state index contributed by atoms with van der Waals surface area (Å²) < 4.78 is 0. The van der Waals surface area contributed by atoms with E-state index in [9.17, 15) is 14.4 Å². The SMILES string of the molecule is CCN(Cc1ccccc1)C(=O)CNC(=O)N1CCC(C(=O)c2ccc(C)cc2)CC1. The van der Waals surface area contributed by atoms with E-state index in [1.54, 1.807) is 9.80 Å². The van der Waals surface area contributed by atoms with E-state index in [1.807, 2.05) is 68.4 Å². The van der Waals surface area contributed by atoms with E-state index in [4.69, 9.17) is 0 Å². The minimum atomic E-state index is -0.245. The molecule has 0 aliphatic carbocycles. The van der Waals surface area contributed by atoms with Gasteiger partial charge >= 0.3 is 6.03 Å². The highest BCUT2D eigenvalue weighted by atomic mass is 16.2. The summed E-state index contributed by atoms with van der Waals surface area (Å²) in [6.45, 7) is 6.04. The van der Waals surface area contributed by atoms with Crippen molar-refractivity contribution < 1.29 is 14.4 Å². The Morgan fingerprint density at radius 1 is 1.00 bits per heavy atom. The molecule has 2 aromatic carbocycles. The molecule has 2 aromatic rings. The molecule has 1 aliphatic rings. The van der Waals surface area contributed by atoms with Crippen LogP contribution in [-0.2, 0) is 11.3 Å². The van der Waals surface area contributed by atoms with Crippen LogP contribution >= 0.6 is 0 Å². The number of likely N-dealkylation sites (tertiary alicyclic amines) is 1. The normalized spacial score (nSPS) is 14.2. The van der Waals surface area contributed by atoms with Gasteiger partial charge in [0.05, 0.1) is 6.54 Å². The maximum Gasteiger partial charge on any atom is 0.317 e. The summed E-state index contributed by atoms with van der Waals surface area (Å²) >= 11 is 0. The number of carbonyl (C=O) groups excluding carboxylic acids is 3. The molecule has 0 spiro atoms. The van der Waals surface area contributed by atoms with Gasteiger partial charge in [0.1, 0.15) is 0 Å². The summed E-state index contributed by atoms with van der Waals surface area (Å²) in [6, 6.07) is 17.2. The number of ketones is 1. The predicted octanol–water partition coefficient (Wildman–Crippen LogP) is 3.65. The minimum absolute atomic E-state index is 0.0261. The maximum absolute atomic E-state index is 12.7. The fourth-order valence-corrected chi connectivity index (χ4v) is 3.85. The molecule has 1 aliphatic heterocycles. The molecule has 31 heavy (non-hydrogen) atoms. The van der Waals surface area contributed by atoms with Gasteiger partial charge in [-0.25, -0.2) is 4.79 Å². The number of benzene rings is 2. The third kappa shape index (κ3) is 6.17. The van der Waals surface area contributed by atoms with Crippen LogP contribution < -0.4 is 5.32 Å². The van der Waals surface area contributed by atoms with Crippen molar-refractivity contribution in [1.82, 2.24) is 15.1 Å². The van der Waals surface area contributed by atoms with Crippen molar-refractivity contribution in [1.29, 1.82) is 0 Å². The number of urea groups is 1. The minimum Gasteiger partial charge on any atom is -0.337 e. The molecule has 0 atom stereocenters. The smallest absolute Gasteiger partial charge is 0.317 e. The Labute approximate surface area is 184 Å². The Balaban J connectivity index is 1.44. The van der Waals surface area contributed by atoms with Gasteiger partial charge in [-0.05, 0) is 32.3 Å². The number of aryl methyl sites for hydroxylation is 1. The maximum atomic E-state index is 12.7. The highest BCUT2D eigenvalue weighted by molar-refractivity contribution is 5.98. The second kappa shape index (κ2) is 10.8. The summed E-state index contributed by atoms with van der Waals surface area (Å²) in [7, 11) is 0. The van der Waals surface area contributed by atoms with Crippen LogP contribution in [0.5, 0.6) is 0 Å². The number of amides is 3. The molecule has 1 heterocycles. The number of nitrogens with one attached hydrogen (secondary N) is 1. The van der Waals surface area contributed by atoms with E-state index < -0.39 is 0 Å². The van der Waals surface area contributed by atoms with Crippen LogP contribution in [0.2, 0.25) is 0 Å². The molecule has 0 unspecified atom stereocenters. The number of piperidine rings is 1. The van der Waals surface area contributed by atoms with Crippen LogP contribution in [0.15, 0.2) is 54.6 Å². The summed E-state index contributed by atoms with van der Waals surface area (Å²) in [5.74, 6) is -0.0197. The molecule has 1 fully saturated rings. The first-order valence-corrected chi connectivity index (χ1v) is 10.9. The summed E-state index contributed by atoms with van der Waals surface area (Å²) in [5.41, 5.74) is 2.92. The van der Waals surface area contributed by atoms with Crippen LogP contribution in [0.25, 0.3) is 0 Å². The molecule has 1 N–H and O–H groups in total. The second-order valence-electron chi connectivity index (χ2n) is 8.04. The summed E-state index contributed by atoms with van der Waals surface area (Å²) in [4.78, 5) is 41.2. The molecule has 0 radical (unpaired) electrons. The monoisotopic (exact) mass is 421 g/mol. The third-order valence-electron chi connectivity index (χ3n) is 5.83. The quantitative estimate of drug-likeness (QED) is 0.694. The van der Waals surface area contributed by atoms with Crippen molar-refractivity contribution in [3.63, 3.8) is 0 Å². The van der Waals surface area contributed by atoms with Gasteiger partial charge in [0, 0.05) is 37.7 Å². The lowest BCUT2D eigenvalue weighted by Gasteiger charge is -2.31. The Morgan fingerprint density at radius 3 is 2.26 bits per heavy atom. The van der Waals surface area contributed by atoms with E-state index in [2.05, 4.69) is 5.32 Å². The average molecular weight is 422 g/mol. The Morgan fingerprint density at radius 2 is 1.65 bits per heavy atom. The summed E-state index contributed by atoms with van der Waals surface area (Å²) in [6.07, 6.45) is 1.28. The summed E-state index contributed by atoms with van der Waals surface area (Å²) in [5, 5.41) is 2.75. The van der Waals surface area contributed by atoms with Gasteiger partial charge in [0.2, 0.25) is 5.91 Å². The fourth-order valence-electron chi connectivity index (χ4n) is 3.85. The Hall–Kier alpha value is -3.15. The van der Waals surface area contributed by atoms with Crippen molar-refractivity contribution in [2.24, 2.45) is 5.92 Å². The van der Waals surface area contributed by atoms with Crippen molar-refractivity contribution in [3.05, 3.63) is 71.3 Å². The molecular weight excluding hydrogens is 390 g/mol. The lowest BCUT2D eigenvalue weighted by Crippen LogP contribution is -2.48. The first-order chi connectivity index (χ1) is 15.0. The van der Waals surface area contributed by atoms with Crippen LogP contribution in [0.1, 0.15) is 41.3 Å². The van der Waals surface area contributed by atoms with E-state index in [0.29, 0.717) is 39.0 Å². The third-order valence-corrected chi connectivity index (χ3v) is 5.83. The van der Waals surface area contributed by atoms with Crippen molar-refractivity contribution in [2.45, 2.75) is 33.2 Å². The molecule has 1 saturated heterocycles. The van der Waals surface area contributed by atoms with Gasteiger partial charge in [-0.1, -0.05) is 60.2 Å². The largest absolute Gasteiger partial charge is 0.337 e. The standard InChI is InChI=1S/C25H31N3O3/c1-3-27(18-20-7-5-4-6-8-20)23(29)17-26-25(31)28-15-13-22(14-16-28)24(30)21-11-9-19(2)10-12-21/h4-12,22H,3,13-18H2,1-2H3,(H,26,31). The molecule has 3 rings (SSSR count). The van der Waals surface area contributed by atoms with Gasteiger partial charge in [-0.15, -0.1) is 0 Å². The van der Waals surface area contributed by atoms with Crippen molar-refractivity contribution in [2.75, 3.05) is 26.2 Å². The fraction of sp³-hybridized carbons (Fsp3) is 0.400. The van der Waals surface area contributed by atoms with Crippen LogP contribution in [0.4, 0.5) is 4.79 Å². The van der Waals surface area contributed by atoms with Crippen LogP contribution in [0, 0.1) is 12.8 Å². The van der Waals surface area contributed by atoms with E-state index in [1.165, 1.54) is 0 Å². The van der Waals surface area contributed by atoms with Gasteiger partial charge in [-0.3, -0.25) is 9.59 Å². The van der Waals surface area contributed by atoms with Crippen LogP contribution in [-0.4, -0.2) is 53.7 Å². The zero-order valence-electron chi connectivity index (χ0n) is 18.3. The lowest BCUT2D eigenvalue weighted by atomic mass is 9.89. The van der Waals surface area contributed by atoms with Gasteiger partial charge < -0.3 is 15.1 Å². The van der Waals surface area contributed by atoms with Crippen molar-refractivity contribution in [3.8, 4) is 0 Å². The van der Waals surface area contributed by atoms with Gasteiger partial charge in [-0.2, -0.15) is 0 Å². The number of Topliss-reactive ketones (excluding diaryl/α,β-unsaturated/α-hetero) is 1. The first kappa shape index (κ1) is 22.5. The molecule has 164 valence electrons. The van der Waals surface area contributed by atoms with E-state index in [0.717, 1.165) is 16.7 Å². The van der Waals surface area contributed by atoms with Gasteiger partial charge in [0.15, 0.2) is 5.78 Å². The molecule has 0 bridgehead atoms.